The summed E-state index contributed by atoms with van der Waals surface area (Å²) in [5.41, 5.74) is 4.11. The van der Waals surface area contributed by atoms with Crippen LogP contribution in [0.5, 0.6) is 5.75 Å². The number of carbonyl (C=O) groups is 1. The van der Waals surface area contributed by atoms with Crippen LogP contribution >= 0.6 is 0 Å². The molecule has 0 heterocycles. The van der Waals surface area contributed by atoms with Crippen molar-refractivity contribution in [1.29, 1.82) is 0 Å². The van der Waals surface area contributed by atoms with Gasteiger partial charge in [-0.15, -0.1) is 0 Å². The number of phenolic OH excluding ortho intramolecular Hbond substituents is 1. The van der Waals surface area contributed by atoms with Gasteiger partial charge in [-0.1, -0.05) is 23.8 Å². The van der Waals surface area contributed by atoms with Gasteiger partial charge in [-0.2, -0.15) is 5.10 Å². The van der Waals surface area contributed by atoms with Crippen molar-refractivity contribution in [3.8, 4) is 5.75 Å². The number of nitrogens with one attached hydrogen (secondary N) is 1. The van der Waals surface area contributed by atoms with Crippen LogP contribution in [0.4, 0.5) is 4.39 Å². The van der Waals surface area contributed by atoms with Crippen LogP contribution in [-0.2, 0) is 0 Å². The highest BCUT2D eigenvalue weighted by Gasteiger charge is 2.11. The summed E-state index contributed by atoms with van der Waals surface area (Å²) >= 11 is 0. The second-order valence-corrected chi connectivity index (χ2v) is 4.64. The van der Waals surface area contributed by atoms with Gasteiger partial charge in [0.25, 0.3) is 5.91 Å². The number of halogens is 1. The summed E-state index contributed by atoms with van der Waals surface area (Å²) in [6.45, 7) is 3.53. The van der Waals surface area contributed by atoms with Crippen molar-refractivity contribution < 1.29 is 14.3 Å². The Labute approximate surface area is 121 Å². The molecule has 0 radical (unpaired) electrons. The molecule has 0 atom stereocenters. The summed E-state index contributed by atoms with van der Waals surface area (Å²) in [7, 11) is 0. The number of rotatable bonds is 3. The maximum absolute atomic E-state index is 13.5. The molecule has 0 bridgehead atoms. The van der Waals surface area contributed by atoms with E-state index in [4.69, 9.17) is 0 Å². The number of amides is 1. The molecule has 2 aromatic carbocycles. The van der Waals surface area contributed by atoms with Gasteiger partial charge in [-0.3, -0.25) is 4.79 Å². The lowest BCUT2D eigenvalue weighted by Crippen LogP contribution is -2.20. The fraction of sp³-hybridized carbons (Fsp3) is 0.125. The lowest BCUT2D eigenvalue weighted by Gasteiger charge is -2.06. The van der Waals surface area contributed by atoms with Crippen LogP contribution in [0.2, 0.25) is 0 Å². The number of nitrogens with zero attached hydrogens (tertiary/aromatic N) is 1. The molecule has 108 valence electrons. The minimum atomic E-state index is -0.639. The van der Waals surface area contributed by atoms with E-state index in [9.17, 15) is 14.3 Å². The summed E-state index contributed by atoms with van der Waals surface area (Å²) < 4.78 is 13.5. The number of hydrogen-bond donors (Lipinski definition) is 2. The first-order valence-corrected chi connectivity index (χ1v) is 6.38. The highest BCUT2D eigenvalue weighted by molar-refractivity contribution is 6.02. The fourth-order valence-electron chi connectivity index (χ4n) is 1.84. The Hall–Kier alpha value is -2.69. The quantitative estimate of drug-likeness (QED) is 0.673. The van der Waals surface area contributed by atoms with Crippen molar-refractivity contribution >= 4 is 11.6 Å². The van der Waals surface area contributed by atoms with Crippen LogP contribution in [0.15, 0.2) is 47.6 Å². The predicted octanol–water partition coefficient (Wildman–Crippen LogP) is 2.99. The second-order valence-electron chi connectivity index (χ2n) is 4.64. The van der Waals surface area contributed by atoms with E-state index in [2.05, 4.69) is 10.5 Å². The second kappa shape index (κ2) is 6.17. The third-order valence-electron chi connectivity index (χ3n) is 2.99. The van der Waals surface area contributed by atoms with Crippen molar-refractivity contribution in [3.05, 3.63) is 65.0 Å². The van der Waals surface area contributed by atoms with Gasteiger partial charge in [0, 0.05) is 5.56 Å². The van der Waals surface area contributed by atoms with Crippen molar-refractivity contribution in [2.45, 2.75) is 13.8 Å². The zero-order valence-corrected chi connectivity index (χ0v) is 11.7. The first kappa shape index (κ1) is 14.7. The molecule has 0 unspecified atom stereocenters. The number of hydrazone groups is 1. The topological polar surface area (TPSA) is 61.7 Å². The zero-order chi connectivity index (χ0) is 15.4. The Balaban J connectivity index is 2.19. The van der Waals surface area contributed by atoms with Gasteiger partial charge in [-0.05, 0) is 38.1 Å². The van der Waals surface area contributed by atoms with Gasteiger partial charge in [0.15, 0.2) is 0 Å². The third kappa shape index (κ3) is 3.45. The van der Waals surface area contributed by atoms with Crippen molar-refractivity contribution in [3.63, 3.8) is 0 Å². The van der Waals surface area contributed by atoms with Crippen LogP contribution < -0.4 is 5.43 Å². The van der Waals surface area contributed by atoms with E-state index < -0.39 is 11.7 Å². The first-order chi connectivity index (χ1) is 9.99. The molecule has 1 amide bonds. The molecule has 0 aliphatic carbocycles. The monoisotopic (exact) mass is 286 g/mol. The van der Waals surface area contributed by atoms with Crippen LogP contribution in [-0.4, -0.2) is 16.7 Å². The zero-order valence-electron chi connectivity index (χ0n) is 11.7. The number of aromatic hydroxyl groups is 1. The highest BCUT2D eigenvalue weighted by Crippen LogP contribution is 2.18. The molecule has 4 nitrogen and oxygen atoms in total. The fourth-order valence-corrected chi connectivity index (χ4v) is 1.84. The Morgan fingerprint density at radius 3 is 2.62 bits per heavy atom. The van der Waals surface area contributed by atoms with E-state index in [1.807, 2.05) is 6.92 Å². The normalized spacial score (nSPS) is 11.3. The summed E-state index contributed by atoms with van der Waals surface area (Å²) in [6, 6.07) is 10.7. The molecular weight excluding hydrogens is 271 g/mol. The molecule has 2 rings (SSSR count). The van der Waals surface area contributed by atoms with Crippen molar-refractivity contribution in [2.75, 3.05) is 0 Å². The standard InChI is InChI=1S/C16H15FN2O2/c1-10-7-8-15(20)13(9-10)11(2)18-19-16(21)12-5-3-4-6-14(12)17/h3-9,20H,1-2H3,(H,19,21)/b18-11+. The summed E-state index contributed by atoms with van der Waals surface area (Å²) in [6.07, 6.45) is 0. The SMILES string of the molecule is C/C(=N\NC(=O)c1ccccc1F)c1cc(C)ccc1O. The van der Waals surface area contributed by atoms with Crippen LogP contribution in [0, 0.1) is 12.7 Å². The average molecular weight is 286 g/mol. The van der Waals surface area contributed by atoms with Crippen LogP contribution in [0.25, 0.3) is 0 Å². The molecule has 5 heteroatoms. The molecule has 21 heavy (non-hydrogen) atoms. The molecule has 0 saturated carbocycles. The number of phenols is 1. The van der Waals surface area contributed by atoms with E-state index in [1.165, 1.54) is 18.2 Å². The molecular formula is C16H15FN2O2. The Morgan fingerprint density at radius 1 is 1.19 bits per heavy atom. The number of benzene rings is 2. The Morgan fingerprint density at radius 2 is 1.90 bits per heavy atom. The largest absolute Gasteiger partial charge is 0.507 e. The molecule has 0 spiro atoms. The number of aryl methyl sites for hydroxylation is 1. The van der Waals surface area contributed by atoms with Gasteiger partial charge in [0.1, 0.15) is 11.6 Å². The summed E-state index contributed by atoms with van der Waals surface area (Å²) in [5.74, 6) is -1.18. The van der Waals surface area contributed by atoms with Crippen LogP contribution in [0.3, 0.4) is 0 Å². The minimum absolute atomic E-state index is 0.0713. The maximum atomic E-state index is 13.5. The number of carbonyl (C=O) groups excluding carboxylic acids is 1. The maximum Gasteiger partial charge on any atom is 0.274 e. The molecule has 0 saturated heterocycles. The van der Waals surface area contributed by atoms with E-state index in [1.54, 1.807) is 31.2 Å². The van der Waals surface area contributed by atoms with Crippen molar-refractivity contribution in [2.24, 2.45) is 5.10 Å². The van der Waals surface area contributed by atoms with Crippen LogP contribution in [0.1, 0.15) is 28.4 Å². The first-order valence-electron chi connectivity index (χ1n) is 6.38. The van der Waals surface area contributed by atoms with Gasteiger partial charge in [0.2, 0.25) is 0 Å². The third-order valence-corrected chi connectivity index (χ3v) is 2.99. The van der Waals surface area contributed by atoms with E-state index in [0.29, 0.717) is 11.3 Å². The van der Waals surface area contributed by atoms with Gasteiger partial charge < -0.3 is 5.11 Å². The summed E-state index contributed by atoms with van der Waals surface area (Å²) in [4.78, 5) is 11.8. The smallest absolute Gasteiger partial charge is 0.274 e. The van der Waals surface area contributed by atoms with E-state index in [-0.39, 0.29) is 11.3 Å². The molecule has 0 aliphatic rings. The van der Waals surface area contributed by atoms with Gasteiger partial charge in [-0.25, -0.2) is 9.82 Å². The highest BCUT2D eigenvalue weighted by atomic mass is 19.1. The molecule has 0 aromatic heterocycles. The molecule has 2 N–H and O–H groups in total. The van der Waals surface area contributed by atoms with Gasteiger partial charge >= 0.3 is 0 Å². The average Bonchev–Trinajstić information content (AvgIpc) is 2.47. The van der Waals surface area contributed by atoms with E-state index in [0.717, 1.165) is 5.56 Å². The predicted molar refractivity (Wildman–Crippen MR) is 78.9 cm³/mol. The van der Waals surface area contributed by atoms with E-state index >= 15 is 0 Å². The molecule has 2 aromatic rings. The lowest BCUT2D eigenvalue weighted by atomic mass is 10.1. The Bertz CT molecular complexity index is 711. The molecule has 0 fully saturated rings. The minimum Gasteiger partial charge on any atom is -0.507 e. The van der Waals surface area contributed by atoms with Crippen molar-refractivity contribution in [1.82, 2.24) is 5.43 Å². The summed E-state index contributed by atoms with van der Waals surface area (Å²) in [5, 5.41) is 13.7. The van der Waals surface area contributed by atoms with Gasteiger partial charge in [0.05, 0.1) is 11.3 Å². The molecule has 0 aliphatic heterocycles. The lowest BCUT2D eigenvalue weighted by molar-refractivity contribution is 0.0951. The Kier molecular flexibility index (Phi) is 4.33. The number of hydrogen-bond acceptors (Lipinski definition) is 3.